The summed E-state index contributed by atoms with van der Waals surface area (Å²) in [5.41, 5.74) is 0.699. The fourth-order valence-corrected chi connectivity index (χ4v) is 2.25. The van der Waals surface area contributed by atoms with Gasteiger partial charge in [0.15, 0.2) is 0 Å². The lowest BCUT2D eigenvalue weighted by Crippen LogP contribution is -2.30. The Balaban J connectivity index is 2.00. The lowest BCUT2D eigenvalue weighted by Gasteiger charge is -2.15. The molecule has 0 aromatic carbocycles. The molecule has 2 rings (SSSR count). The van der Waals surface area contributed by atoms with Gasteiger partial charge in [-0.3, -0.25) is 4.79 Å². The molecule has 1 N–H and O–H groups in total. The fraction of sp³-hybridized carbons (Fsp3) is 0.583. The number of carbonyl (C=O) groups excluding carboxylic acids is 1. The van der Waals surface area contributed by atoms with Gasteiger partial charge in [-0.05, 0) is 38.9 Å². The number of furan rings is 1. The summed E-state index contributed by atoms with van der Waals surface area (Å²) in [6.45, 7) is 4.52. The van der Waals surface area contributed by atoms with Crippen LogP contribution in [0, 0.1) is 12.8 Å². The van der Waals surface area contributed by atoms with Crippen LogP contribution in [0.2, 0.25) is 0 Å². The SMILES string of the molecule is CNCC1CCN(C(=O)c2ccoc2C)C1. The van der Waals surface area contributed by atoms with Crippen LogP contribution in [0.3, 0.4) is 0 Å². The van der Waals surface area contributed by atoms with Crippen LogP contribution in [-0.2, 0) is 0 Å². The molecule has 0 saturated carbocycles. The van der Waals surface area contributed by atoms with Gasteiger partial charge in [0.1, 0.15) is 5.76 Å². The number of rotatable bonds is 3. The zero-order valence-corrected chi connectivity index (χ0v) is 9.82. The monoisotopic (exact) mass is 222 g/mol. The lowest BCUT2D eigenvalue weighted by molar-refractivity contribution is 0.0785. The molecule has 1 atom stereocenters. The van der Waals surface area contributed by atoms with Gasteiger partial charge in [0.2, 0.25) is 0 Å². The van der Waals surface area contributed by atoms with Crippen molar-refractivity contribution in [3.05, 3.63) is 23.7 Å². The van der Waals surface area contributed by atoms with Gasteiger partial charge in [0.05, 0.1) is 11.8 Å². The highest BCUT2D eigenvalue weighted by molar-refractivity contribution is 5.95. The smallest absolute Gasteiger partial charge is 0.257 e. The summed E-state index contributed by atoms with van der Waals surface area (Å²) >= 11 is 0. The number of nitrogens with zero attached hydrogens (tertiary/aromatic N) is 1. The number of carbonyl (C=O) groups is 1. The number of hydrogen-bond donors (Lipinski definition) is 1. The summed E-state index contributed by atoms with van der Waals surface area (Å²) < 4.78 is 5.16. The molecule has 1 amide bonds. The lowest BCUT2D eigenvalue weighted by atomic mass is 10.1. The minimum absolute atomic E-state index is 0.102. The van der Waals surface area contributed by atoms with Crippen LogP contribution in [0.4, 0.5) is 0 Å². The highest BCUT2D eigenvalue weighted by Crippen LogP contribution is 2.20. The van der Waals surface area contributed by atoms with E-state index in [4.69, 9.17) is 4.42 Å². The predicted molar refractivity (Wildman–Crippen MR) is 61.4 cm³/mol. The van der Waals surface area contributed by atoms with E-state index in [1.807, 2.05) is 18.9 Å². The molecule has 0 aliphatic carbocycles. The first-order valence-electron chi connectivity index (χ1n) is 5.70. The first kappa shape index (κ1) is 11.2. The third kappa shape index (κ3) is 2.11. The number of nitrogens with one attached hydrogen (secondary N) is 1. The third-order valence-electron chi connectivity index (χ3n) is 3.16. The van der Waals surface area contributed by atoms with Crippen LogP contribution in [0.15, 0.2) is 16.7 Å². The first-order chi connectivity index (χ1) is 7.72. The molecule has 0 radical (unpaired) electrons. The van der Waals surface area contributed by atoms with E-state index in [9.17, 15) is 4.79 Å². The van der Waals surface area contributed by atoms with Crippen LogP contribution in [0.1, 0.15) is 22.5 Å². The molecule has 4 nitrogen and oxygen atoms in total. The fourth-order valence-electron chi connectivity index (χ4n) is 2.25. The summed E-state index contributed by atoms with van der Waals surface area (Å²) in [6, 6.07) is 1.75. The molecule has 16 heavy (non-hydrogen) atoms. The van der Waals surface area contributed by atoms with Crippen molar-refractivity contribution in [1.82, 2.24) is 10.2 Å². The Morgan fingerprint density at radius 1 is 1.69 bits per heavy atom. The van der Waals surface area contributed by atoms with E-state index in [0.29, 0.717) is 17.2 Å². The second-order valence-electron chi connectivity index (χ2n) is 4.35. The van der Waals surface area contributed by atoms with E-state index in [1.54, 1.807) is 12.3 Å². The highest BCUT2D eigenvalue weighted by atomic mass is 16.3. The van der Waals surface area contributed by atoms with Crippen molar-refractivity contribution in [2.24, 2.45) is 5.92 Å². The Hall–Kier alpha value is -1.29. The van der Waals surface area contributed by atoms with Gasteiger partial charge in [-0.1, -0.05) is 0 Å². The molecular weight excluding hydrogens is 204 g/mol. The number of hydrogen-bond acceptors (Lipinski definition) is 3. The maximum absolute atomic E-state index is 12.1. The normalized spacial score (nSPS) is 20.4. The molecule has 1 aliphatic rings. The minimum atomic E-state index is 0.102. The van der Waals surface area contributed by atoms with Gasteiger partial charge in [-0.2, -0.15) is 0 Å². The molecule has 0 bridgehead atoms. The molecule has 4 heteroatoms. The molecular formula is C12H18N2O2. The third-order valence-corrected chi connectivity index (χ3v) is 3.16. The van der Waals surface area contributed by atoms with Gasteiger partial charge in [0, 0.05) is 13.1 Å². The summed E-state index contributed by atoms with van der Waals surface area (Å²) in [6.07, 6.45) is 2.66. The average molecular weight is 222 g/mol. The molecule has 1 unspecified atom stereocenters. The van der Waals surface area contributed by atoms with E-state index < -0.39 is 0 Å². The van der Waals surface area contributed by atoms with Gasteiger partial charge in [-0.25, -0.2) is 0 Å². The summed E-state index contributed by atoms with van der Waals surface area (Å²) in [7, 11) is 1.95. The van der Waals surface area contributed by atoms with Crippen LogP contribution in [-0.4, -0.2) is 37.5 Å². The van der Waals surface area contributed by atoms with Gasteiger partial charge in [-0.15, -0.1) is 0 Å². The maximum Gasteiger partial charge on any atom is 0.257 e. The molecule has 88 valence electrons. The topological polar surface area (TPSA) is 45.5 Å². The van der Waals surface area contributed by atoms with Crippen molar-refractivity contribution < 1.29 is 9.21 Å². The van der Waals surface area contributed by atoms with Crippen LogP contribution < -0.4 is 5.32 Å². The van der Waals surface area contributed by atoms with Gasteiger partial charge >= 0.3 is 0 Å². The van der Waals surface area contributed by atoms with Crippen molar-refractivity contribution in [3.8, 4) is 0 Å². The molecule has 1 aromatic rings. The van der Waals surface area contributed by atoms with Gasteiger partial charge < -0.3 is 14.6 Å². The van der Waals surface area contributed by atoms with Crippen LogP contribution in [0.25, 0.3) is 0 Å². The Bertz CT molecular complexity index is 373. The second-order valence-corrected chi connectivity index (χ2v) is 4.35. The number of likely N-dealkylation sites (tertiary alicyclic amines) is 1. The largest absolute Gasteiger partial charge is 0.469 e. The minimum Gasteiger partial charge on any atom is -0.469 e. The maximum atomic E-state index is 12.1. The zero-order valence-electron chi connectivity index (χ0n) is 9.82. The van der Waals surface area contributed by atoms with Crippen molar-refractivity contribution in [2.45, 2.75) is 13.3 Å². The molecule has 0 spiro atoms. The van der Waals surface area contributed by atoms with E-state index in [1.165, 1.54) is 0 Å². The summed E-state index contributed by atoms with van der Waals surface area (Å²) in [5, 5.41) is 3.16. The molecule has 1 saturated heterocycles. The predicted octanol–water partition coefficient (Wildman–Crippen LogP) is 1.27. The van der Waals surface area contributed by atoms with E-state index in [0.717, 1.165) is 26.1 Å². The second kappa shape index (κ2) is 4.70. The van der Waals surface area contributed by atoms with Crippen molar-refractivity contribution in [3.63, 3.8) is 0 Å². The number of amides is 1. The summed E-state index contributed by atoms with van der Waals surface area (Å²) in [4.78, 5) is 14.0. The Labute approximate surface area is 95.6 Å². The zero-order chi connectivity index (χ0) is 11.5. The van der Waals surface area contributed by atoms with E-state index in [-0.39, 0.29) is 5.91 Å². The highest BCUT2D eigenvalue weighted by Gasteiger charge is 2.27. The Kier molecular flexibility index (Phi) is 3.29. The van der Waals surface area contributed by atoms with Crippen molar-refractivity contribution >= 4 is 5.91 Å². The number of aryl methyl sites for hydroxylation is 1. The quantitative estimate of drug-likeness (QED) is 0.837. The Morgan fingerprint density at radius 3 is 3.12 bits per heavy atom. The average Bonchev–Trinajstić information content (AvgIpc) is 2.87. The van der Waals surface area contributed by atoms with E-state index >= 15 is 0 Å². The molecule has 1 aromatic heterocycles. The molecule has 1 fully saturated rings. The van der Waals surface area contributed by atoms with Crippen molar-refractivity contribution in [1.29, 1.82) is 0 Å². The summed E-state index contributed by atoms with van der Waals surface area (Å²) in [5.74, 6) is 1.40. The van der Waals surface area contributed by atoms with Gasteiger partial charge in [0.25, 0.3) is 5.91 Å². The van der Waals surface area contributed by atoms with Crippen molar-refractivity contribution in [2.75, 3.05) is 26.7 Å². The Morgan fingerprint density at radius 2 is 2.50 bits per heavy atom. The van der Waals surface area contributed by atoms with Crippen LogP contribution in [0.5, 0.6) is 0 Å². The standard InChI is InChI=1S/C12H18N2O2/c1-9-11(4-6-16-9)12(15)14-5-3-10(8-14)7-13-2/h4,6,10,13H,3,5,7-8H2,1-2H3. The first-order valence-corrected chi connectivity index (χ1v) is 5.70. The molecule has 2 heterocycles. The molecule has 1 aliphatic heterocycles. The van der Waals surface area contributed by atoms with E-state index in [2.05, 4.69) is 5.32 Å². The van der Waals surface area contributed by atoms with Crippen LogP contribution >= 0.6 is 0 Å².